The number of halogens is 6. The fraction of sp³-hybridized carbons (Fsp3) is 0.143. The van der Waals surface area contributed by atoms with Crippen LogP contribution in [0.5, 0.6) is 0 Å². The highest BCUT2D eigenvalue weighted by Crippen LogP contribution is 2.38. The maximum atomic E-state index is 12.6. The second-order valence-corrected chi connectivity index (χ2v) is 5.50. The second-order valence-electron chi connectivity index (χ2n) is 4.27. The summed E-state index contributed by atoms with van der Waals surface area (Å²) in [5.41, 5.74) is 0.893. The van der Waals surface area contributed by atoms with Gasteiger partial charge in [0.05, 0.1) is 15.6 Å². The zero-order valence-electron chi connectivity index (χ0n) is 10.2. The van der Waals surface area contributed by atoms with Gasteiger partial charge in [0, 0.05) is 10.6 Å². The average Bonchev–Trinajstić information content (AvgIpc) is 2.33. The zero-order chi connectivity index (χ0) is 15.1. The van der Waals surface area contributed by atoms with E-state index in [0.29, 0.717) is 31.8 Å². The number of aryl methyl sites for hydroxylation is 1. The summed E-state index contributed by atoms with van der Waals surface area (Å²) < 4.78 is 37.9. The number of hydrogen-bond acceptors (Lipinski definition) is 0. The fourth-order valence-electron chi connectivity index (χ4n) is 1.87. The van der Waals surface area contributed by atoms with Crippen LogP contribution in [0.25, 0.3) is 11.1 Å². The van der Waals surface area contributed by atoms with Crippen molar-refractivity contribution < 1.29 is 13.2 Å². The van der Waals surface area contributed by atoms with Crippen LogP contribution >= 0.6 is 34.8 Å². The predicted octanol–water partition coefficient (Wildman–Crippen LogP) is 6.64. The first-order valence-corrected chi connectivity index (χ1v) is 6.66. The van der Waals surface area contributed by atoms with E-state index in [-0.39, 0.29) is 0 Å². The van der Waals surface area contributed by atoms with E-state index in [9.17, 15) is 13.2 Å². The molecule has 0 saturated carbocycles. The normalized spacial score (nSPS) is 11.8. The molecule has 0 unspecified atom stereocenters. The quantitative estimate of drug-likeness (QED) is 0.511. The minimum atomic E-state index is -4.37. The molecule has 2 aromatic carbocycles. The van der Waals surface area contributed by atoms with Crippen LogP contribution in [0.2, 0.25) is 15.1 Å². The summed E-state index contributed by atoms with van der Waals surface area (Å²) in [6.07, 6.45) is -4.37. The zero-order valence-corrected chi connectivity index (χ0v) is 12.4. The SMILES string of the molecule is Cc1cc(C(F)(F)F)ccc1-c1cc(Cl)c(Cl)cc1Cl. The molecule has 0 aliphatic carbocycles. The molecular formula is C14H8Cl3F3. The van der Waals surface area contributed by atoms with Crippen molar-refractivity contribution in [2.24, 2.45) is 0 Å². The maximum absolute atomic E-state index is 12.6. The Bertz CT molecular complexity index is 663. The van der Waals surface area contributed by atoms with Crippen molar-refractivity contribution in [1.29, 1.82) is 0 Å². The molecule has 2 rings (SSSR count). The van der Waals surface area contributed by atoms with Crippen LogP contribution in [0, 0.1) is 6.92 Å². The standard InChI is InChI=1S/C14H8Cl3F3/c1-7-4-8(14(18,19)20)2-3-9(7)10-5-12(16)13(17)6-11(10)15/h2-6H,1H3. The molecule has 0 saturated heterocycles. The molecule has 0 bridgehead atoms. The third-order valence-electron chi connectivity index (χ3n) is 2.85. The second kappa shape index (κ2) is 5.47. The highest BCUT2D eigenvalue weighted by Gasteiger charge is 2.30. The Labute approximate surface area is 129 Å². The van der Waals surface area contributed by atoms with Crippen LogP contribution in [0.1, 0.15) is 11.1 Å². The molecule has 106 valence electrons. The molecule has 0 N–H and O–H groups in total. The van der Waals surface area contributed by atoms with Crippen molar-refractivity contribution in [3.63, 3.8) is 0 Å². The van der Waals surface area contributed by atoms with Gasteiger partial charge in [-0.05, 0) is 42.3 Å². The van der Waals surface area contributed by atoms with Gasteiger partial charge in [-0.3, -0.25) is 0 Å². The van der Waals surface area contributed by atoms with Gasteiger partial charge in [-0.25, -0.2) is 0 Å². The molecule has 6 heteroatoms. The highest BCUT2D eigenvalue weighted by molar-refractivity contribution is 6.44. The first-order chi connectivity index (χ1) is 9.20. The Kier molecular flexibility index (Phi) is 4.24. The van der Waals surface area contributed by atoms with Crippen LogP contribution in [0.4, 0.5) is 13.2 Å². The van der Waals surface area contributed by atoms with E-state index in [0.717, 1.165) is 12.1 Å². The highest BCUT2D eigenvalue weighted by atomic mass is 35.5. The van der Waals surface area contributed by atoms with Crippen LogP contribution in [0.3, 0.4) is 0 Å². The Morgan fingerprint density at radius 2 is 1.40 bits per heavy atom. The lowest BCUT2D eigenvalue weighted by atomic mass is 9.98. The molecule has 0 radical (unpaired) electrons. The van der Waals surface area contributed by atoms with Crippen LogP contribution in [0.15, 0.2) is 30.3 Å². The predicted molar refractivity (Wildman–Crippen MR) is 76.6 cm³/mol. The molecule has 0 aromatic heterocycles. The molecular weight excluding hydrogens is 332 g/mol. The minimum absolute atomic E-state index is 0.296. The minimum Gasteiger partial charge on any atom is -0.166 e. The largest absolute Gasteiger partial charge is 0.416 e. The molecule has 20 heavy (non-hydrogen) atoms. The molecule has 0 spiro atoms. The number of alkyl halides is 3. The molecule has 0 amide bonds. The topological polar surface area (TPSA) is 0 Å². The first-order valence-electron chi connectivity index (χ1n) is 5.53. The third-order valence-corrected chi connectivity index (χ3v) is 3.89. The number of rotatable bonds is 1. The van der Waals surface area contributed by atoms with E-state index in [1.807, 2.05) is 0 Å². The van der Waals surface area contributed by atoms with Gasteiger partial charge in [0.25, 0.3) is 0 Å². The molecule has 0 fully saturated rings. The van der Waals surface area contributed by atoms with Crippen molar-refractivity contribution in [3.05, 3.63) is 56.5 Å². The van der Waals surface area contributed by atoms with Gasteiger partial charge in [0.1, 0.15) is 0 Å². The van der Waals surface area contributed by atoms with E-state index in [1.54, 1.807) is 13.0 Å². The number of benzene rings is 2. The summed E-state index contributed by atoms with van der Waals surface area (Å²) in [6, 6.07) is 6.48. The molecule has 0 heterocycles. The van der Waals surface area contributed by atoms with Gasteiger partial charge in [-0.15, -0.1) is 0 Å². The van der Waals surface area contributed by atoms with Crippen molar-refractivity contribution in [3.8, 4) is 11.1 Å². The van der Waals surface area contributed by atoms with Gasteiger partial charge in [-0.2, -0.15) is 13.2 Å². The first kappa shape index (κ1) is 15.5. The maximum Gasteiger partial charge on any atom is 0.416 e. The Morgan fingerprint density at radius 3 is 1.95 bits per heavy atom. The number of hydrogen-bond donors (Lipinski definition) is 0. The van der Waals surface area contributed by atoms with E-state index >= 15 is 0 Å². The lowest BCUT2D eigenvalue weighted by Crippen LogP contribution is -2.05. The fourth-order valence-corrected chi connectivity index (χ4v) is 2.52. The smallest absolute Gasteiger partial charge is 0.166 e. The average molecular weight is 340 g/mol. The van der Waals surface area contributed by atoms with E-state index in [1.165, 1.54) is 12.1 Å². The van der Waals surface area contributed by atoms with Crippen molar-refractivity contribution in [2.75, 3.05) is 0 Å². The van der Waals surface area contributed by atoms with Gasteiger partial charge in [0.15, 0.2) is 0 Å². The summed E-state index contributed by atoms with van der Waals surface area (Å²) in [7, 11) is 0. The van der Waals surface area contributed by atoms with Crippen molar-refractivity contribution in [1.82, 2.24) is 0 Å². The van der Waals surface area contributed by atoms with Crippen LogP contribution < -0.4 is 0 Å². The van der Waals surface area contributed by atoms with Gasteiger partial charge >= 0.3 is 6.18 Å². The van der Waals surface area contributed by atoms with E-state index in [2.05, 4.69) is 0 Å². The third kappa shape index (κ3) is 3.05. The van der Waals surface area contributed by atoms with Gasteiger partial charge in [-0.1, -0.05) is 40.9 Å². The molecule has 0 aliphatic heterocycles. The Morgan fingerprint density at radius 1 is 0.800 bits per heavy atom. The lowest BCUT2D eigenvalue weighted by Gasteiger charge is -2.13. The summed E-state index contributed by atoms with van der Waals surface area (Å²) in [4.78, 5) is 0. The van der Waals surface area contributed by atoms with E-state index in [4.69, 9.17) is 34.8 Å². The molecule has 0 atom stereocenters. The van der Waals surface area contributed by atoms with Gasteiger partial charge < -0.3 is 0 Å². The monoisotopic (exact) mass is 338 g/mol. The van der Waals surface area contributed by atoms with Crippen LogP contribution in [-0.2, 0) is 6.18 Å². The van der Waals surface area contributed by atoms with Crippen LogP contribution in [-0.4, -0.2) is 0 Å². The summed E-state index contributed by atoms with van der Waals surface area (Å²) in [5, 5.41) is 0.928. The Hall–Kier alpha value is -0.900. The summed E-state index contributed by atoms with van der Waals surface area (Å²) in [6.45, 7) is 1.59. The Balaban J connectivity index is 2.57. The van der Waals surface area contributed by atoms with Crippen molar-refractivity contribution in [2.45, 2.75) is 13.1 Å². The summed E-state index contributed by atoms with van der Waals surface area (Å²) in [5.74, 6) is 0. The molecule has 0 aliphatic rings. The molecule has 0 nitrogen and oxygen atoms in total. The van der Waals surface area contributed by atoms with Crippen molar-refractivity contribution >= 4 is 34.8 Å². The molecule has 2 aromatic rings. The lowest BCUT2D eigenvalue weighted by molar-refractivity contribution is -0.137. The van der Waals surface area contributed by atoms with E-state index < -0.39 is 11.7 Å². The van der Waals surface area contributed by atoms with Gasteiger partial charge in [0.2, 0.25) is 0 Å². The summed E-state index contributed by atoms with van der Waals surface area (Å²) >= 11 is 17.8.